The third-order valence-corrected chi connectivity index (χ3v) is 5.58. The molecular formula is C19H20BO3. The number of ether oxygens (including phenoxy) is 2. The fourth-order valence-electron chi connectivity index (χ4n) is 4.02. The van der Waals surface area contributed by atoms with Gasteiger partial charge in [0.1, 0.15) is 31.0 Å². The molecule has 2 unspecified atom stereocenters. The van der Waals surface area contributed by atoms with Gasteiger partial charge in [0.15, 0.2) is 0 Å². The van der Waals surface area contributed by atoms with Crippen molar-refractivity contribution in [2.45, 2.75) is 30.7 Å². The second-order valence-corrected chi connectivity index (χ2v) is 6.51. The molecule has 2 aromatic rings. The first-order valence-corrected chi connectivity index (χ1v) is 8.06. The molecule has 1 aliphatic heterocycles. The van der Waals surface area contributed by atoms with E-state index in [0.29, 0.717) is 6.61 Å². The van der Waals surface area contributed by atoms with E-state index in [1.54, 1.807) is 7.11 Å². The molecule has 4 heteroatoms. The minimum Gasteiger partial charge on any atom is -0.497 e. The molecule has 1 saturated carbocycles. The lowest BCUT2D eigenvalue weighted by Crippen LogP contribution is -2.63. The van der Waals surface area contributed by atoms with Gasteiger partial charge in [0.05, 0.1) is 12.5 Å². The summed E-state index contributed by atoms with van der Waals surface area (Å²) in [7, 11) is 3.72. The molecule has 0 aromatic heterocycles. The zero-order valence-electron chi connectivity index (χ0n) is 13.5. The van der Waals surface area contributed by atoms with Crippen molar-refractivity contribution in [1.29, 1.82) is 0 Å². The quantitative estimate of drug-likeness (QED) is 0.885. The van der Waals surface area contributed by atoms with E-state index in [4.69, 9.17) is 9.47 Å². The van der Waals surface area contributed by atoms with Crippen molar-refractivity contribution in [3.8, 4) is 11.5 Å². The molecule has 2 aromatic carbocycles. The lowest BCUT2D eigenvalue weighted by Gasteiger charge is -2.59. The first-order chi connectivity index (χ1) is 11.1. The first kappa shape index (κ1) is 14.6. The molecule has 0 amide bonds. The molecule has 2 aliphatic rings. The molecule has 1 fully saturated rings. The summed E-state index contributed by atoms with van der Waals surface area (Å²) >= 11 is 0. The van der Waals surface area contributed by atoms with Gasteiger partial charge in [-0.15, -0.1) is 0 Å². The van der Waals surface area contributed by atoms with Crippen LogP contribution in [0.2, 0.25) is 6.82 Å². The summed E-state index contributed by atoms with van der Waals surface area (Å²) in [6.45, 7) is 2.54. The predicted molar refractivity (Wildman–Crippen MR) is 91.0 cm³/mol. The van der Waals surface area contributed by atoms with Crippen molar-refractivity contribution >= 4 is 12.7 Å². The molecule has 1 radical (unpaired) electrons. The van der Waals surface area contributed by atoms with Crippen LogP contribution in [0.5, 0.6) is 11.5 Å². The standard InChI is InChI=1S/C19H20BO3/c1-20-14-5-3-4-13(10-14)18-8-9-19(18,21)16-11-15(22-2)6-7-17(16)23-12-18/h3-7,10-11,21H,8-9,12H2,1-2H3. The summed E-state index contributed by atoms with van der Waals surface area (Å²) in [5.74, 6) is 1.51. The van der Waals surface area contributed by atoms with E-state index >= 15 is 0 Å². The van der Waals surface area contributed by atoms with Gasteiger partial charge in [0, 0.05) is 5.56 Å². The largest absolute Gasteiger partial charge is 0.497 e. The third-order valence-electron chi connectivity index (χ3n) is 5.58. The highest BCUT2D eigenvalue weighted by atomic mass is 16.5. The summed E-state index contributed by atoms with van der Waals surface area (Å²) in [4.78, 5) is 0. The number of methoxy groups -OCH3 is 1. The topological polar surface area (TPSA) is 38.7 Å². The van der Waals surface area contributed by atoms with Crippen LogP contribution >= 0.6 is 0 Å². The Kier molecular flexibility index (Phi) is 3.20. The minimum atomic E-state index is -0.887. The first-order valence-electron chi connectivity index (χ1n) is 8.06. The maximum absolute atomic E-state index is 11.5. The normalized spacial score (nSPS) is 28.0. The molecule has 23 heavy (non-hydrogen) atoms. The summed E-state index contributed by atoms with van der Waals surface area (Å²) in [6, 6.07) is 14.1. The van der Waals surface area contributed by atoms with Crippen LogP contribution in [0.15, 0.2) is 42.5 Å². The Morgan fingerprint density at radius 3 is 2.74 bits per heavy atom. The lowest BCUT2D eigenvalue weighted by atomic mass is 9.50. The van der Waals surface area contributed by atoms with Crippen LogP contribution in [0.4, 0.5) is 0 Å². The molecule has 3 nitrogen and oxygen atoms in total. The van der Waals surface area contributed by atoms with Gasteiger partial charge in [0.2, 0.25) is 0 Å². The van der Waals surface area contributed by atoms with Crippen molar-refractivity contribution in [2.24, 2.45) is 0 Å². The second-order valence-electron chi connectivity index (χ2n) is 6.51. The van der Waals surface area contributed by atoms with E-state index < -0.39 is 5.60 Å². The molecule has 0 spiro atoms. The zero-order chi connectivity index (χ0) is 16.1. The van der Waals surface area contributed by atoms with Gasteiger partial charge in [-0.25, -0.2) is 0 Å². The summed E-state index contributed by atoms with van der Waals surface area (Å²) < 4.78 is 11.4. The molecule has 1 N–H and O–H groups in total. The SMILES string of the molecule is C[B]c1cccc(C23CCC2(O)c2cc(OC)ccc2OC3)c1. The van der Waals surface area contributed by atoms with Gasteiger partial charge in [-0.05, 0) is 36.6 Å². The van der Waals surface area contributed by atoms with Gasteiger partial charge in [-0.2, -0.15) is 0 Å². The molecule has 1 aliphatic carbocycles. The average molecular weight is 307 g/mol. The zero-order valence-corrected chi connectivity index (χ0v) is 13.5. The van der Waals surface area contributed by atoms with E-state index in [9.17, 15) is 5.11 Å². The van der Waals surface area contributed by atoms with E-state index in [1.165, 1.54) is 5.46 Å². The van der Waals surface area contributed by atoms with Crippen molar-refractivity contribution in [2.75, 3.05) is 13.7 Å². The Bertz CT molecular complexity index is 760. The fraction of sp³-hybridized carbons (Fsp3) is 0.368. The smallest absolute Gasteiger partial charge is 0.148 e. The number of hydrogen-bond donors (Lipinski definition) is 1. The van der Waals surface area contributed by atoms with Crippen molar-refractivity contribution in [3.05, 3.63) is 53.6 Å². The lowest BCUT2D eigenvalue weighted by molar-refractivity contribution is -0.156. The van der Waals surface area contributed by atoms with Crippen LogP contribution in [-0.2, 0) is 11.0 Å². The Hall–Kier alpha value is -1.94. The Balaban J connectivity index is 1.84. The maximum atomic E-state index is 11.5. The summed E-state index contributed by atoms with van der Waals surface area (Å²) in [5, 5.41) is 11.5. The average Bonchev–Trinajstić information content (AvgIpc) is 2.60. The van der Waals surface area contributed by atoms with E-state index in [-0.39, 0.29) is 5.41 Å². The van der Waals surface area contributed by atoms with Crippen LogP contribution in [-0.4, -0.2) is 26.1 Å². The molecule has 0 bridgehead atoms. The number of aliphatic hydroxyl groups is 1. The third kappa shape index (κ3) is 1.88. The van der Waals surface area contributed by atoms with Gasteiger partial charge >= 0.3 is 0 Å². The van der Waals surface area contributed by atoms with E-state index in [0.717, 1.165) is 35.5 Å². The summed E-state index contributed by atoms with van der Waals surface area (Å²) in [6.07, 6.45) is 1.67. The van der Waals surface area contributed by atoms with Gasteiger partial charge in [-0.3, -0.25) is 0 Å². The Morgan fingerprint density at radius 1 is 1.17 bits per heavy atom. The minimum absolute atomic E-state index is 0.370. The number of fused-ring (bicyclic) bond motifs is 3. The maximum Gasteiger partial charge on any atom is 0.148 e. The number of rotatable bonds is 3. The molecule has 2 atom stereocenters. The molecular weight excluding hydrogens is 287 g/mol. The highest BCUT2D eigenvalue weighted by molar-refractivity contribution is 6.51. The van der Waals surface area contributed by atoms with Gasteiger partial charge < -0.3 is 14.6 Å². The second kappa shape index (κ2) is 5.03. The highest BCUT2D eigenvalue weighted by Crippen LogP contribution is 2.61. The molecule has 1 heterocycles. The van der Waals surface area contributed by atoms with Gasteiger partial charge in [-0.1, -0.05) is 36.6 Å². The number of benzene rings is 2. The van der Waals surface area contributed by atoms with Crippen LogP contribution in [0, 0.1) is 0 Å². The van der Waals surface area contributed by atoms with Crippen molar-refractivity contribution in [3.63, 3.8) is 0 Å². The highest BCUT2D eigenvalue weighted by Gasteiger charge is 2.63. The van der Waals surface area contributed by atoms with Gasteiger partial charge in [0.25, 0.3) is 0 Å². The van der Waals surface area contributed by atoms with Crippen LogP contribution in [0.25, 0.3) is 0 Å². The Morgan fingerprint density at radius 2 is 2.04 bits per heavy atom. The molecule has 0 saturated heterocycles. The van der Waals surface area contributed by atoms with Crippen LogP contribution < -0.4 is 14.9 Å². The summed E-state index contributed by atoms with van der Waals surface area (Å²) in [5.41, 5.74) is 1.91. The predicted octanol–water partition coefficient (Wildman–Crippen LogP) is 2.38. The van der Waals surface area contributed by atoms with E-state index in [1.807, 2.05) is 25.0 Å². The fourth-order valence-corrected chi connectivity index (χ4v) is 4.02. The van der Waals surface area contributed by atoms with E-state index in [2.05, 4.69) is 31.5 Å². The Labute approximate surface area is 137 Å². The van der Waals surface area contributed by atoms with Crippen molar-refractivity contribution < 1.29 is 14.6 Å². The molecule has 117 valence electrons. The van der Waals surface area contributed by atoms with Crippen molar-refractivity contribution in [1.82, 2.24) is 0 Å². The van der Waals surface area contributed by atoms with Crippen LogP contribution in [0.3, 0.4) is 0 Å². The monoisotopic (exact) mass is 307 g/mol. The van der Waals surface area contributed by atoms with Crippen LogP contribution in [0.1, 0.15) is 24.0 Å². The number of hydrogen-bond acceptors (Lipinski definition) is 3. The molecule has 4 rings (SSSR count).